The van der Waals surface area contributed by atoms with Gasteiger partial charge in [0.1, 0.15) is 5.52 Å². The van der Waals surface area contributed by atoms with E-state index in [-0.39, 0.29) is 6.04 Å². The van der Waals surface area contributed by atoms with Crippen molar-refractivity contribution in [3.8, 4) is 0 Å². The number of rotatable bonds is 3. The van der Waals surface area contributed by atoms with E-state index < -0.39 is 0 Å². The Kier molecular flexibility index (Phi) is 2.82. The standard InChI is InChI=1S/C13H17N5S/c1-4-9(10-6-5-7-19-10)18-12-11(15-13(18)14)8(2)16-17(12)3/h5-7,9H,4H2,1-3H3,(H2,14,15). The van der Waals surface area contributed by atoms with Gasteiger partial charge in [-0.05, 0) is 24.8 Å². The zero-order valence-electron chi connectivity index (χ0n) is 11.3. The highest BCUT2D eigenvalue weighted by Crippen LogP contribution is 2.32. The minimum Gasteiger partial charge on any atom is -0.369 e. The van der Waals surface area contributed by atoms with E-state index in [1.165, 1.54) is 4.88 Å². The van der Waals surface area contributed by atoms with Crippen LogP contribution in [0.2, 0.25) is 0 Å². The molecule has 6 heteroatoms. The molecule has 19 heavy (non-hydrogen) atoms. The van der Waals surface area contributed by atoms with Gasteiger partial charge in [0.25, 0.3) is 0 Å². The van der Waals surface area contributed by atoms with Crippen LogP contribution in [0, 0.1) is 6.92 Å². The molecule has 0 saturated heterocycles. The molecule has 3 heterocycles. The first-order valence-electron chi connectivity index (χ1n) is 6.33. The Balaban J connectivity index is 2.26. The van der Waals surface area contributed by atoms with Gasteiger partial charge in [-0.2, -0.15) is 5.10 Å². The van der Waals surface area contributed by atoms with Gasteiger partial charge in [-0.15, -0.1) is 11.3 Å². The van der Waals surface area contributed by atoms with Crippen LogP contribution >= 0.6 is 11.3 Å². The molecule has 0 radical (unpaired) electrons. The Hall–Kier alpha value is -1.82. The average Bonchev–Trinajstić information content (AvgIpc) is 3.04. The van der Waals surface area contributed by atoms with E-state index >= 15 is 0 Å². The van der Waals surface area contributed by atoms with Crippen molar-refractivity contribution in [3.05, 3.63) is 28.1 Å². The van der Waals surface area contributed by atoms with Gasteiger partial charge in [-0.3, -0.25) is 9.25 Å². The summed E-state index contributed by atoms with van der Waals surface area (Å²) >= 11 is 1.75. The van der Waals surface area contributed by atoms with Crippen LogP contribution in [0.3, 0.4) is 0 Å². The highest BCUT2D eigenvalue weighted by atomic mass is 32.1. The number of anilines is 1. The zero-order chi connectivity index (χ0) is 13.6. The Morgan fingerprint density at radius 2 is 2.26 bits per heavy atom. The number of hydrogen-bond acceptors (Lipinski definition) is 4. The summed E-state index contributed by atoms with van der Waals surface area (Å²) in [4.78, 5) is 5.77. The van der Waals surface area contributed by atoms with Crippen molar-refractivity contribution in [1.29, 1.82) is 0 Å². The van der Waals surface area contributed by atoms with Gasteiger partial charge in [-0.1, -0.05) is 13.0 Å². The Morgan fingerprint density at radius 1 is 1.47 bits per heavy atom. The third-order valence-electron chi connectivity index (χ3n) is 3.43. The predicted octanol–water partition coefficient (Wildman–Crippen LogP) is 2.72. The van der Waals surface area contributed by atoms with E-state index in [0.717, 1.165) is 23.3 Å². The van der Waals surface area contributed by atoms with E-state index in [9.17, 15) is 0 Å². The largest absolute Gasteiger partial charge is 0.369 e. The lowest BCUT2D eigenvalue weighted by molar-refractivity contribution is 0.581. The summed E-state index contributed by atoms with van der Waals surface area (Å²) in [5.74, 6) is 0.561. The number of hydrogen-bond donors (Lipinski definition) is 1. The van der Waals surface area contributed by atoms with Crippen molar-refractivity contribution in [1.82, 2.24) is 19.3 Å². The molecule has 2 N–H and O–H groups in total. The van der Waals surface area contributed by atoms with Crippen LogP contribution in [-0.2, 0) is 7.05 Å². The van der Waals surface area contributed by atoms with Gasteiger partial charge in [-0.25, -0.2) is 4.98 Å². The van der Waals surface area contributed by atoms with E-state index in [0.29, 0.717) is 5.95 Å². The predicted molar refractivity (Wildman–Crippen MR) is 78.4 cm³/mol. The third-order valence-corrected chi connectivity index (χ3v) is 4.41. The molecule has 3 aromatic rings. The SMILES string of the molecule is CCC(c1cccs1)n1c(N)nc2c(C)nn(C)c21. The van der Waals surface area contributed by atoms with Crippen molar-refractivity contribution in [2.75, 3.05) is 5.73 Å². The fourth-order valence-corrected chi connectivity index (χ4v) is 3.51. The van der Waals surface area contributed by atoms with Crippen LogP contribution < -0.4 is 5.73 Å². The van der Waals surface area contributed by atoms with E-state index in [2.05, 4.69) is 39.1 Å². The molecule has 1 atom stereocenters. The number of aromatic nitrogens is 4. The highest BCUT2D eigenvalue weighted by Gasteiger charge is 2.22. The summed E-state index contributed by atoms with van der Waals surface area (Å²) in [5, 5.41) is 6.53. The lowest BCUT2D eigenvalue weighted by Crippen LogP contribution is -2.13. The first-order valence-corrected chi connectivity index (χ1v) is 7.21. The maximum atomic E-state index is 6.13. The number of nitrogens with zero attached hydrogens (tertiary/aromatic N) is 4. The van der Waals surface area contributed by atoms with Crippen molar-refractivity contribution >= 4 is 28.4 Å². The second kappa shape index (κ2) is 4.38. The van der Waals surface area contributed by atoms with Gasteiger partial charge in [0, 0.05) is 11.9 Å². The Morgan fingerprint density at radius 3 is 2.89 bits per heavy atom. The van der Waals surface area contributed by atoms with Crippen molar-refractivity contribution in [2.24, 2.45) is 7.05 Å². The third kappa shape index (κ3) is 1.74. The molecule has 0 amide bonds. The van der Waals surface area contributed by atoms with Gasteiger partial charge in [0.05, 0.1) is 11.7 Å². The summed E-state index contributed by atoms with van der Waals surface area (Å²) in [7, 11) is 1.94. The van der Waals surface area contributed by atoms with Crippen LogP contribution in [-0.4, -0.2) is 19.3 Å². The monoisotopic (exact) mass is 275 g/mol. The van der Waals surface area contributed by atoms with E-state index in [1.807, 2.05) is 18.7 Å². The van der Waals surface area contributed by atoms with Gasteiger partial charge >= 0.3 is 0 Å². The number of aryl methyl sites for hydroxylation is 2. The second-order valence-electron chi connectivity index (χ2n) is 4.66. The van der Waals surface area contributed by atoms with Gasteiger partial charge in [0.2, 0.25) is 5.95 Å². The first kappa shape index (κ1) is 12.2. The molecule has 0 aliphatic carbocycles. The van der Waals surface area contributed by atoms with Crippen LogP contribution in [0.5, 0.6) is 0 Å². The van der Waals surface area contributed by atoms with Crippen LogP contribution in [0.4, 0.5) is 5.95 Å². The maximum Gasteiger partial charge on any atom is 0.203 e. The average molecular weight is 275 g/mol. The molecule has 0 fully saturated rings. The lowest BCUT2D eigenvalue weighted by atomic mass is 10.2. The van der Waals surface area contributed by atoms with Gasteiger partial charge in [0.15, 0.2) is 5.65 Å². The molecule has 0 spiro atoms. The molecule has 5 nitrogen and oxygen atoms in total. The number of nitrogens with two attached hydrogens (primary N) is 1. The molecule has 3 aromatic heterocycles. The molecule has 3 rings (SSSR count). The number of nitrogen functional groups attached to an aromatic ring is 1. The molecule has 1 unspecified atom stereocenters. The number of thiophene rings is 1. The minimum absolute atomic E-state index is 0.222. The molecule has 0 bridgehead atoms. The smallest absolute Gasteiger partial charge is 0.203 e. The summed E-state index contributed by atoms with van der Waals surface area (Å²) in [6.45, 7) is 4.13. The topological polar surface area (TPSA) is 61.7 Å². The maximum absolute atomic E-state index is 6.13. The van der Waals surface area contributed by atoms with Crippen LogP contribution in [0.25, 0.3) is 11.2 Å². The minimum atomic E-state index is 0.222. The molecule has 100 valence electrons. The number of imidazole rings is 1. The second-order valence-corrected chi connectivity index (χ2v) is 5.64. The fraction of sp³-hybridized carbons (Fsp3) is 0.385. The van der Waals surface area contributed by atoms with Crippen molar-refractivity contribution in [3.63, 3.8) is 0 Å². The molecule has 0 aliphatic heterocycles. The Bertz CT molecular complexity index is 707. The molecule has 0 saturated carbocycles. The van der Waals surface area contributed by atoms with Crippen LogP contribution in [0.1, 0.15) is 30.0 Å². The fourth-order valence-electron chi connectivity index (χ4n) is 2.61. The normalized spacial score (nSPS) is 13.2. The highest BCUT2D eigenvalue weighted by molar-refractivity contribution is 7.10. The molecular formula is C13H17N5S. The quantitative estimate of drug-likeness (QED) is 0.799. The summed E-state index contributed by atoms with van der Waals surface area (Å²) < 4.78 is 3.96. The van der Waals surface area contributed by atoms with Gasteiger partial charge < -0.3 is 5.73 Å². The molecule has 0 aromatic carbocycles. The zero-order valence-corrected chi connectivity index (χ0v) is 12.1. The van der Waals surface area contributed by atoms with E-state index in [4.69, 9.17) is 5.73 Å². The summed E-state index contributed by atoms with van der Waals surface area (Å²) in [6, 6.07) is 4.44. The summed E-state index contributed by atoms with van der Waals surface area (Å²) in [6.07, 6.45) is 0.973. The molecule has 0 aliphatic rings. The number of fused-ring (bicyclic) bond motifs is 1. The summed E-state index contributed by atoms with van der Waals surface area (Å²) in [5.41, 5.74) is 8.95. The van der Waals surface area contributed by atoms with Crippen molar-refractivity contribution < 1.29 is 0 Å². The lowest BCUT2D eigenvalue weighted by Gasteiger charge is -2.17. The van der Waals surface area contributed by atoms with Crippen molar-refractivity contribution in [2.45, 2.75) is 26.3 Å². The van der Waals surface area contributed by atoms with Crippen LogP contribution in [0.15, 0.2) is 17.5 Å². The Labute approximate surface area is 115 Å². The van der Waals surface area contributed by atoms with E-state index in [1.54, 1.807) is 11.3 Å². The first-order chi connectivity index (χ1) is 9.13. The molecular weight excluding hydrogens is 258 g/mol.